The fraction of sp³-hybridized carbons (Fsp3) is 0.375. The van der Waals surface area contributed by atoms with E-state index in [1.54, 1.807) is 28.1 Å². The third-order valence-electron chi connectivity index (χ3n) is 6.04. The summed E-state index contributed by atoms with van der Waals surface area (Å²) >= 11 is 5.71. The number of anilines is 1. The van der Waals surface area contributed by atoms with Crippen molar-refractivity contribution in [2.45, 2.75) is 19.5 Å². The molecule has 2 aromatic rings. The van der Waals surface area contributed by atoms with Gasteiger partial charge in [-0.3, -0.25) is 19.4 Å². The smallest absolute Gasteiger partial charge is 0.338 e. The van der Waals surface area contributed by atoms with Crippen molar-refractivity contribution in [1.29, 1.82) is 0 Å². The van der Waals surface area contributed by atoms with E-state index in [4.69, 9.17) is 11.6 Å². The predicted molar refractivity (Wildman–Crippen MR) is 123 cm³/mol. The molecule has 0 spiro atoms. The van der Waals surface area contributed by atoms with Gasteiger partial charge in [0.2, 0.25) is 11.8 Å². The molecular weight excluding hydrogens is 469 g/mol. The van der Waals surface area contributed by atoms with Crippen molar-refractivity contribution >= 4 is 34.8 Å². The van der Waals surface area contributed by atoms with Crippen LogP contribution in [0.3, 0.4) is 0 Å². The van der Waals surface area contributed by atoms with Gasteiger partial charge in [0.25, 0.3) is 0 Å². The van der Waals surface area contributed by atoms with Crippen LogP contribution in [0.15, 0.2) is 42.6 Å². The zero-order valence-corrected chi connectivity index (χ0v) is 19.4. The van der Waals surface area contributed by atoms with E-state index in [0.717, 1.165) is 17.2 Å². The fourth-order valence-corrected chi connectivity index (χ4v) is 4.33. The number of benzene rings is 1. The lowest BCUT2D eigenvalue weighted by Crippen LogP contribution is -2.53. The van der Waals surface area contributed by atoms with Crippen LogP contribution < -0.4 is 4.90 Å². The first-order valence-corrected chi connectivity index (χ1v) is 11.3. The Labute approximate surface area is 200 Å². The quantitative estimate of drug-likeness (QED) is 0.647. The Kier molecular flexibility index (Phi) is 6.95. The molecular formula is C24H24ClF3N4O2. The molecule has 1 saturated heterocycles. The molecule has 0 aliphatic carbocycles. The number of alkyl halides is 3. The SMILES string of the molecule is Cc1ccc(N2CCN(CC(=O)N3CC=C(c4ccc(Cl)c(C(F)(F)F)c4)CC3)CC2=O)nc1. The maximum atomic E-state index is 13.2. The molecule has 0 bridgehead atoms. The Morgan fingerprint density at radius 3 is 2.56 bits per heavy atom. The molecule has 180 valence electrons. The van der Waals surface area contributed by atoms with E-state index in [9.17, 15) is 22.8 Å². The number of halogens is 4. The number of piperazine rings is 1. The van der Waals surface area contributed by atoms with Crippen molar-refractivity contribution < 1.29 is 22.8 Å². The van der Waals surface area contributed by atoms with Crippen LogP contribution >= 0.6 is 11.6 Å². The molecule has 1 aromatic carbocycles. The maximum absolute atomic E-state index is 13.2. The monoisotopic (exact) mass is 492 g/mol. The van der Waals surface area contributed by atoms with Gasteiger partial charge in [-0.25, -0.2) is 4.98 Å². The van der Waals surface area contributed by atoms with Crippen molar-refractivity contribution in [1.82, 2.24) is 14.8 Å². The maximum Gasteiger partial charge on any atom is 0.417 e. The van der Waals surface area contributed by atoms with Gasteiger partial charge >= 0.3 is 6.18 Å². The predicted octanol–water partition coefficient (Wildman–Crippen LogP) is 4.03. The summed E-state index contributed by atoms with van der Waals surface area (Å²) < 4.78 is 39.5. The van der Waals surface area contributed by atoms with Crippen LogP contribution in [0.4, 0.5) is 19.0 Å². The second-order valence-electron chi connectivity index (χ2n) is 8.46. The van der Waals surface area contributed by atoms with Crippen LogP contribution in [0.2, 0.25) is 5.02 Å². The molecule has 6 nitrogen and oxygen atoms in total. The van der Waals surface area contributed by atoms with E-state index < -0.39 is 11.7 Å². The Balaban J connectivity index is 1.33. The number of carbonyl (C=O) groups is 2. The standard InChI is InChI=1S/C24H24ClF3N4O2/c1-16-2-5-21(29-13-16)32-11-10-30(15-23(32)34)14-22(33)31-8-6-17(7-9-31)18-3-4-20(25)19(12-18)24(26,27)28/h2-6,12-13H,7-11,14-15H2,1H3. The lowest BCUT2D eigenvalue weighted by atomic mass is 9.97. The highest BCUT2D eigenvalue weighted by Crippen LogP contribution is 2.37. The lowest BCUT2D eigenvalue weighted by Gasteiger charge is -2.35. The van der Waals surface area contributed by atoms with Crippen molar-refractivity contribution in [2.24, 2.45) is 0 Å². The van der Waals surface area contributed by atoms with Crippen LogP contribution in [0.1, 0.15) is 23.1 Å². The van der Waals surface area contributed by atoms with Crippen LogP contribution in [0.5, 0.6) is 0 Å². The first kappa shape index (κ1) is 24.2. The highest BCUT2D eigenvalue weighted by Gasteiger charge is 2.34. The van der Waals surface area contributed by atoms with Crippen molar-refractivity contribution in [3.8, 4) is 0 Å². The van der Waals surface area contributed by atoms with Crippen LogP contribution in [0.25, 0.3) is 5.57 Å². The number of aryl methyl sites for hydroxylation is 1. The first-order chi connectivity index (χ1) is 16.1. The van der Waals surface area contributed by atoms with E-state index in [1.165, 1.54) is 6.07 Å². The minimum absolute atomic E-state index is 0.112. The second-order valence-corrected chi connectivity index (χ2v) is 8.87. The van der Waals surface area contributed by atoms with Crippen LogP contribution in [0, 0.1) is 6.92 Å². The minimum Gasteiger partial charge on any atom is -0.338 e. The van der Waals surface area contributed by atoms with Crippen LogP contribution in [-0.4, -0.2) is 65.9 Å². The van der Waals surface area contributed by atoms with Crippen molar-refractivity contribution in [3.05, 3.63) is 64.3 Å². The summed E-state index contributed by atoms with van der Waals surface area (Å²) in [4.78, 5) is 34.8. The molecule has 34 heavy (non-hydrogen) atoms. The topological polar surface area (TPSA) is 56.8 Å². The van der Waals surface area contributed by atoms with Gasteiger partial charge in [-0.1, -0.05) is 29.8 Å². The molecule has 0 saturated carbocycles. The number of aromatic nitrogens is 1. The second kappa shape index (κ2) is 9.76. The molecule has 4 rings (SSSR count). The zero-order valence-electron chi connectivity index (χ0n) is 18.6. The van der Waals surface area contributed by atoms with E-state index in [1.807, 2.05) is 24.0 Å². The van der Waals surface area contributed by atoms with Crippen LogP contribution in [-0.2, 0) is 15.8 Å². The average Bonchev–Trinajstić information content (AvgIpc) is 2.80. The minimum atomic E-state index is -4.53. The van der Waals surface area contributed by atoms with Gasteiger partial charge in [-0.2, -0.15) is 13.2 Å². The number of rotatable bonds is 4. The molecule has 3 heterocycles. The van der Waals surface area contributed by atoms with Crippen molar-refractivity contribution in [2.75, 3.05) is 44.2 Å². The molecule has 0 radical (unpaired) electrons. The summed E-state index contributed by atoms with van der Waals surface area (Å²) in [5, 5.41) is -0.336. The number of pyridine rings is 1. The largest absolute Gasteiger partial charge is 0.417 e. The summed E-state index contributed by atoms with van der Waals surface area (Å²) in [6.45, 7) is 3.87. The third kappa shape index (κ3) is 5.42. The molecule has 2 aliphatic rings. The Morgan fingerprint density at radius 2 is 1.94 bits per heavy atom. The fourth-order valence-electron chi connectivity index (χ4n) is 4.11. The van der Waals surface area contributed by atoms with Gasteiger partial charge in [0.05, 0.1) is 23.7 Å². The molecule has 2 aliphatic heterocycles. The van der Waals surface area contributed by atoms with Gasteiger partial charge in [-0.05, 0) is 48.2 Å². The Bertz CT molecular complexity index is 1120. The molecule has 0 N–H and O–H groups in total. The van der Waals surface area contributed by atoms with Gasteiger partial charge in [0, 0.05) is 32.4 Å². The van der Waals surface area contributed by atoms with E-state index >= 15 is 0 Å². The zero-order chi connectivity index (χ0) is 24.5. The molecule has 10 heteroatoms. The number of hydrogen-bond donors (Lipinski definition) is 0. The number of hydrogen-bond acceptors (Lipinski definition) is 4. The van der Waals surface area contributed by atoms with E-state index in [-0.39, 0.29) is 29.9 Å². The summed E-state index contributed by atoms with van der Waals surface area (Å²) in [5.74, 6) is 0.377. The highest BCUT2D eigenvalue weighted by molar-refractivity contribution is 6.31. The molecule has 0 atom stereocenters. The Morgan fingerprint density at radius 1 is 1.15 bits per heavy atom. The molecule has 2 amide bonds. The summed E-state index contributed by atoms with van der Waals surface area (Å²) in [6, 6.07) is 7.58. The third-order valence-corrected chi connectivity index (χ3v) is 6.36. The van der Waals surface area contributed by atoms with E-state index in [0.29, 0.717) is 44.0 Å². The van der Waals surface area contributed by atoms with Gasteiger partial charge in [-0.15, -0.1) is 0 Å². The normalized spacial score (nSPS) is 17.7. The van der Waals surface area contributed by atoms with Gasteiger partial charge in [0.1, 0.15) is 5.82 Å². The first-order valence-electron chi connectivity index (χ1n) is 10.9. The molecule has 1 aromatic heterocycles. The molecule has 1 fully saturated rings. The van der Waals surface area contributed by atoms with E-state index in [2.05, 4.69) is 4.98 Å². The van der Waals surface area contributed by atoms with Gasteiger partial charge < -0.3 is 4.90 Å². The lowest BCUT2D eigenvalue weighted by molar-refractivity contribution is -0.137. The van der Waals surface area contributed by atoms with Gasteiger partial charge in [0.15, 0.2) is 0 Å². The highest BCUT2D eigenvalue weighted by atomic mass is 35.5. The summed E-state index contributed by atoms with van der Waals surface area (Å²) in [6.07, 6.45) is -0.598. The van der Waals surface area contributed by atoms with Crippen molar-refractivity contribution in [3.63, 3.8) is 0 Å². The molecule has 0 unspecified atom stereocenters. The average molecular weight is 493 g/mol. The summed E-state index contributed by atoms with van der Waals surface area (Å²) in [5.41, 5.74) is 1.35. The number of carbonyl (C=O) groups excluding carboxylic acids is 2. The number of amides is 2. The Hall–Kier alpha value is -2.91. The number of nitrogens with zero attached hydrogens (tertiary/aromatic N) is 4. The summed E-state index contributed by atoms with van der Waals surface area (Å²) in [7, 11) is 0.